The summed E-state index contributed by atoms with van der Waals surface area (Å²) in [6, 6.07) is 2.47. The number of carbonyl (C=O) groups is 1. The lowest BCUT2D eigenvalue weighted by Crippen LogP contribution is -2.35. The van der Waals surface area contributed by atoms with Crippen molar-refractivity contribution in [1.29, 1.82) is 0 Å². The molecule has 1 amide bonds. The summed E-state index contributed by atoms with van der Waals surface area (Å²) in [5.74, 6) is 0.182. The molecule has 1 saturated heterocycles. The van der Waals surface area contributed by atoms with E-state index in [9.17, 15) is 4.79 Å². The second-order valence-electron chi connectivity index (χ2n) is 4.05. The Balaban J connectivity index is 1.73. The molecule has 1 unspecified atom stereocenters. The highest BCUT2D eigenvalue weighted by Crippen LogP contribution is 2.26. The maximum absolute atomic E-state index is 11.0. The molecule has 3 nitrogen and oxygen atoms in total. The van der Waals surface area contributed by atoms with Gasteiger partial charge < -0.3 is 10.6 Å². The lowest BCUT2D eigenvalue weighted by Gasteiger charge is -2.10. The van der Waals surface area contributed by atoms with E-state index in [-0.39, 0.29) is 5.91 Å². The molecule has 88 valence electrons. The van der Waals surface area contributed by atoms with Crippen LogP contribution in [0.25, 0.3) is 0 Å². The van der Waals surface area contributed by atoms with Crippen molar-refractivity contribution in [2.75, 3.05) is 6.54 Å². The first-order valence-corrected chi connectivity index (χ1v) is 7.01. The summed E-state index contributed by atoms with van der Waals surface area (Å²) in [5, 5.41) is 6.33. The van der Waals surface area contributed by atoms with Gasteiger partial charge in [0.15, 0.2) is 0 Å². The van der Waals surface area contributed by atoms with Crippen LogP contribution in [-0.4, -0.2) is 18.5 Å². The third-order valence-electron chi connectivity index (χ3n) is 2.68. The molecule has 0 bridgehead atoms. The van der Waals surface area contributed by atoms with Gasteiger partial charge in [0.05, 0.1) is 0 Å². The topological polar surface area (TPSA) is 41.1 Å². The molecule has 5 heteroatoms. The van der Waals surface area contributed by atoms with Crippen molar-refractivity contribution in [3.05, 3.63) is 20.3 Å². The van der Waals surface area contributed by atoms with Gasteiger partial charge >= 0.3 is 0 Å². The van der Waals surface area contributed by atoms with Gasteiger partial charge in [-0.05, 0) is 35.3 Å². The van der Waals surface area contributed by atoms with Crippen molar-refractivity contribution in [2.24, 2.45) is 0 Å². The van der Waals surface area contributed by atoms with E-state index in [1.54, 1.807) is 11.3 Å². The van der Waals surface area contributed by atoms with Crippen LogP contribution >= 0.6 is 27.3 Å². The highest BCUT2D eigenvalue weighted by molar-refractivity contribution is 9.10. The van der Waals surface area contributed by atoms with E-state index in [1.165, 1.54) is 14.2 Å². The Labute approximate surface area is 108 Å². The standard InChI is InChI=1S/C11H15BrN2OS/c1-7-10(12)4-9(16-7)6-13-5-8-2-3-11(15)14-8/h4,8,13H,2-3,5-6H2,1H3,(H,14,15). The maximum Gasteiger partial charge on any atom is 0.220 e. The summed E-state index contributed by atoms with van der Waals surface area (Å²) in [4.78, 5) is 13.6. The van der Waals surface area contributed by atoms with Gasteiger partial charge in [-0.1, -0.05) is 0 Å². The van der Waals surface area contributed by atoms with Crippen LogP contribution in [0.15, 0.2) is 10.5 Å². The molecule has 0 radical (unpaired) electrons. The van der Waals surface area contributed by atoms with E-state index in [2.05, 4.69) is 39.6 Å². The molecular weight excluding hydrogens is 288 g/mol. The van der Waals surface area contributed by atoms with E-state index in [0.717, 1.165) is 19.5 Å². The monoisotopic (exact) mass is 302 g/mol. The second-order valence-corrected chi connectivity index (χ2v) is 6.25. The van der Waals surface area contributed by atoms with Crippen molar-refractivity contribution in [1.82, 2.24) is 10.6 Å². The van der Waals surface area contributed by atoms with Crippen LogP contribution in [0.2, 0.25) is 0 Å². The summed E-state index contributed by atoms with van der Waals surface area (Å²) < 4.78 is 1.18. The Hall–Kier alpha value is -0.390. The van der Waals surface area contributed by atoms with Crippen molar-refractivity contribution >= 4 is 33.2 Å². The summed E-state index contributed by atoms with van der Waals surface area (Å²) in [6.07, 6.45) is 1.63. The molecule has 1 aliphatic rings. The first-order chi connectivity index (χ1) is 7.65. The average molecular weight is 303 g/mol. The number of amides is 1. The van der Waals surface area contributed by atoms with Gasteiger partial charge in [0, 0.05) is 39.8 Å². The van der Waals surface area contributed by atoms with Crippen molar-refractivity contribution in [2.45, 2.75) is 32.4 Å². The van der Waals surface area contributed by atoms with E-state index >= 15 is 0 Å². The van der Waals surface area contributed by atoms with Crippen LogP contribution in [0.1, 0.15) is 22.6 Å². The number of nitrogens with one attached hydrogen (secondary N) is 2. The van der Waals surface area contributed by atoms with Gasteiger partial charge in [-0.25, -0.2) is 0 Å². The minimum atomic E-state index is 0.182. The zero-order chi connectivity index (χ0) is 11.5. The zero-order valence-electron chi connectivity index (χ0n) is 9.18. The van der Waals surface area contributed by atoms with Gasteiger partial charge in [0.25, 0.3) is 0 Å². The van der Waals surface area contributed by atoms with Crippen LogP contribution in [0.3, 0.4) is 0 Å². The fourth-order valence-corrected chi connectivity index (χ4v) is 3.38. The minimum absolute atomic E-state index is 0.182. The number of hydrogen-bond donors (Lipinski definition) is 2. The number of aryl methyl sites for hydroxylation is 1. The Kier molecular flexibility index (Phi) is 4.00. The number of rotatable bonds is 4. The highest BCUT2D eigenvalue weighted by atomic mass is 79.9. The molecule has 0 saturated carbocycles. The number of thiophene rings is 1. The smallest absolute Gasteiger partial charge is 0.220 e. The molecular formula is C11H15BrN2OS. The molecule has 1 aromatic rings. The molecule has 1 atom stereocenters. The molecule has 1 aromatic heterocycles. The largest absolute Gasteiger partial charge is 0.352 e. The van der Waals surface area contributed by atoms with Gasteiger partial charge in [-0.15, -0.1) is 11.3 Å². The Morgan fingerprint density at radius 2 is 2.50 bits per heavy atom. The van der Waals surface area contributed by atoms with Gasteiger partial charge in [-0.3, -0.25) is 4.79 Å². The van der Waals surface area contributed by atoms with Crippen molar-refractivity contribution in [3.8, 4) is 0 Å². The van der Waals surface area contributed by atoms with Crippen molar-refractivity contribution in [3.63, 3.8) is 0 Å². The third kappa shape index (κ3) is 3.06. The van der Waals surface area contributed by atoms with Crippen LogP contribution in [-0.2, 0) is 11.3 Å². The summed E-state index contributed by atoms with van der Waals surface area (Å²) in [7, 11) is 0. The zero-order valence-corrected chi connectivity index (χ0v) is 11.6. The van der Waals surface area contributed by atoms with E-state index in [1.807, 2.05) is 0 Å². The van der Waals surface area contributed by atoms with E-state index in [0.29, 0.717) is 12.5 Å². The molecule has 2 N–H and O–H groups in total. The van der Waals surface area contributed by atoms with Gasteiger partial charge in [0.2, 0.25) is 5.91 Å². The SMILES string of the molecule is Cc1sc(CNCC2CCC(=O)N2)cc1Br. The number of hydrogen-bond acceptors (Lipinski definition) is 3. The van der Waals surface area contributed by atoms with Crippen LogP contribution in [0, 0.1) is 6.92 Å². The predicted molar refractivity (Wildman–Crippen MR) is 69.6 cm³/mol. The summed E-state index contributed by atoms with van der Waals surface area (Å²) in [5.41, 5.74) is 0. The lowest BCUT2D eigenvalue weighted by atomic mass is 10.2. The molecule has 1 fully saturated rings. The molecule has 2 rings (SSSR count). The minimum Gasteiger partial charge on any atom is -0.352 e. The first kappa shape index (κ1) is 12.1. The van der Waals surface area contributed by atoms with E-state index < -0.39 is 0 Å². The van der Waals surface area contributed by atoms with Crippen LogP contribution in [0.4, 0.5) is 0 Å². The quantitative estimate of drug-likeness (QED) is 0.895. The second kappa shape index (κ2) is 5.29. The molecule has 0 aromatic carbocycles. The average Bonchev–Trinajstić information content (AvgIpc) is 2.75. The lowest BCUT2D eigenvalue weighted by molar-refractivity contribution is -0.119. The van der Waals surface area contributed by atoms with Gasteiger partial charge in [-0.2, -0.15) is 0 Å². The fourth-order valence-electron chi connectivity index (χ4n) is 1.80. The van der Waals surface area contributed by atoms with Crippen LogP contribution in [0.5, 0.6) is 0 Å². The Bertz CT molecular complexity index is 372. The number of halogens is 1. The Morgan fingerprint density at radius 1 is 1.69 bits per heavy atom. The summed E-state index contributed by atoms with van der Waals surface area (Å²) in [6.45, 7) is 3.85. The molecule has 16 heavy (non-hydrogen) atoms. The molecule has 0 spiro atoms. The first-order valence-electron chi connectivity index (χ1n) is 5.40. The maximum atomic E-state index is 11.0. The molecule has 1 aliphatic heterocycles. The number of carbonyl (C=O) groups excluding carboxylic acids is 1. The Morgan fingerprint density at radius 3 is 3.06 bits per heavy atom. The predicted octanol–water partition coefficient (Wildman–Crippen LogP) is 2.19. The van der Waals surface area contributed by atoms with E-state index in [4.69, 9.17) is 0 Å². The normalized spacial score (nSPS) is 20.1. The molecule has 2 heterocycles. The van der Waals surface area contributed by atoms with Crippen molar-refractivity contribution < 1.29 is 4.79 Å². The fraction of sp³-hybridized carbons (Fsp3) is 0.545. The van der Waals surface area contributed by atoms with Crippen LogP contribution < -0.4 is 10.6 Å². The highest BCUT2D eigenvalue weighted by Gasteiger charge is 2.19. The molecule has 0 aliphatic carbocycles. The third-order valence-corrected chi connectivity index (χ3v) is 4.82. The van der Waals surface area contributed by atoms with Gasteiger partial charge in [0.1, 0.15) is 0 Å². The summed E-state index contributed by atoms with van der Waals surface area (Å²) >= 11 is 5.31.